The topological polar surface area (TPSA) is 124 Å². The maximum atomic E-state index is 12.8. The number of amides is 2. The second-order valence-electron chi connectivity index (χ2n) is 7.31. The number of carbonyl (C=O) groups excluding carboxylic acids is 4. The zero-order valence-electron chi connectivity index (χ0n) is 17.3. The van der Waals surface area contributed by atoms with Crippen LogP contribution in [0.5, 0.6) is 0 Å². The molecular weight excluding hydrogens is 428 g/mol. The van der Waals surface area contributed by atoms with Crippen molar-refractivity contribution in [3.63, 3.8) is 0 Å². The summed E-state index contributed by atoms with van der Waals surface area (Å²) in [5.74, 6) is -2.62. The first kappa shape index (κ1) is 21.6. The van der Waals surface area contributed by atoms with Crippen LogP contribution in [0.3, 0.4) is 0 Å². The fourth-order valence-electron chi connectivity index (χ4n) is 3.44. The van der Waals surface area contributed by atoms with Gasteiger partial charge in [0.15, 0.2) is 12.4 Å². The van der Waals surface area contributed by atoms with Crippen molar-refractivity contribution in [2.75, 3.05) is 11.5 Å². The van der Waals surface area contributed by atoms with E-state index in [9.17, 15) is 29.3 Å². The van der Waals surface area contributed by atoms with E-state index in [2.05, 4.69) is 0 Å². The van der Waals surface area contributed by atoms with Gasteiger partial charge in [-0.1, -0.05) is 35.9 Å². The second kappa shape index (κ2) is 8.46. The number of nitro benzene ring substituents is 1. The molecule has 0 radical (unpaired) electrons. The van der Waals surface area contributed by atoms with Gasteiger partial charge < -0.3 is 4.74 Å². The van der Waals surface area contributed by atoms with Gasteiger partial charge >= 0.3 is 5.97 Å². The number of benzene rings is 3. The van der Waals surface area contributed by atoms with Gasteiger partial charge in [-0.3, -0.25) is 24.5 Å². The Balaban J connectivity index is 1.47. The van der Waals surface area contributed by atoms with Crippen molar-refractivity contribution >= 4 is 34.9 Å². The summed E-state index contributed by atoms with van der Waals surface area (Å²) in [4.78, 5) is 61.2. The first-order valence-electron chi connectivity index (χ1n) is 9.81. The number of hydrogen-bond donors (Lipinski definition) is 0. The van der Waals surface area contributed by atoms with Crippen LogP contribution in [0, 0.1) is 17.0 Å². The molecule has 0 saturated carbocycles. The van der Waals surface area contributed by atoms with Crippen molar-refractivity contribution in [2.45, 2.75) is 6.92 Å². The van der Waals surface area contributed by atoms with E-state index < -0.39 is 35.0 Å². The van der Waals surface area contributed by atoms with Crippen LogP contribution < -0.4 is 4.90 Å². The summed E-state index contributed by atoms with van der Waals surface area (Å²) in [7, 11) is 0. The highest BCUT2D eigenvalue weighted by Crippen LogP contribution is 2.33. The molecule has 164 valence electrons. The number of esters is 1. The molecule has 0 aromatic heterocycles. The van der Waals surface area contributed by atoms with Crippen LogP contribution in [-0.2, 0) is 4.74 Å². The second-order valence-corrected chi connectivity index (χ2v) is 7.31. The third kappa shape index (κ3) is 3.99. The largest absolute Gasteiger partial charge is 0.454 e. The zero-order chi connectivity index (χ0) is 23.7. The molecule has 2 amide bonds. The number of nitrogens with zero attached hydrogens (tertiary/aromatic N) is 2. The number of anilines is 1. The van der Waals surface area contributed by atoms with Gasteiger partial charge in [-0.05, 0) is 37.3 Å². The van der Waals surface area contributed by atoms with E-state index >= 15 is 0 Å². The van der Waals surface area contributed by atoms with Gasteiger partial charge in [0.05, 0.1) is 21.7 Å². The molecule has 1 aliphatic heterocycles. The molecule has 4 rings (SSSR count). The minimum absolute atomic E-state index is 0.0627. The monoisotopic (exact) mass is 444 g/mol. The molecule has 0 atom stereocenters. The van der Waals surface area contributed by atoms with E-state index in [1.807, 2.05) is 6.92 Å². The lowest BCUT2D eigenvalue weighted by molar-refractivity contribution is -0.385. The van der Waals surface area contributed by atoms with Crippen molar-refractivity contribution in [3.8, 4) is 0 Å². The Morgan fingerprint density at radius 3 is 2.18 bits per heavy atom. The highest BCUT2D eigenvalue weighted by molar-refractivity contribution is 6.35. The lowest BCUT2D eigenvalue weighted by Gasteiger charge is -2.14. The minimum atomic E-state index is -0.818. The molecule has 0 unspecified atom stereocenters. The summed E-state index contributed by atoms with van der Waals surface area (Å²) in [6.45, 7) is 1.45. The number of ketones is 1. The average Bonchev–Trinajstić information content (AvgIpc) is 3.07. The van der Waals surface area contributed by atoms with Gasteiger partial charge in [-0.25, -0.2) is 9.69 Å². The molecule has 0 saturated heterocycles. The smallest absolute Gasteiger partial charge is 0.338 e. The number of hydrogen-bond acceptors (Lipinski definition) is 7. The summed E-state index contributed by atoms with van der Waals surface area (Å²) < 4.78 is 5.06. The molecule has 0 aliphatic carbocycles. The Kier molecular flexibility index (Phi) is 5.53. The quantitative estimate of drug-likeness (QED) is 0.186. The first-order chi connectivity index (χ1) is 15.8. The number of nitro groups is 1. The summed E-state index contributed by atoms with van der Waals surface area (Å²) >= 11 is 0. The lowest BCUT2D eigenvalue weighted by Crippen LogP contribution is -2.29. The number of aryl methyl sites for hydroxylation is 1. The van der Waals surface area contributed by atoms with Crippen LogP contribution in [0.15, 0.2) is 66.7 Å². The molecule has 9 nitrogen and oxygen atoms in total. The summed E-state index contributed by atoms with van der Waals surface area (Å²) in [5.41, 5.74) is 0.880. The standard InChI is InChI=1S/C24H16N2O7/c1-14-5-7-15(8-6-14)20(27)13-33-24(30)16-9-11-17(12-10-16)25-22(28)18-3-2-4-19(26(31)32)21(18)23(25)29/h2-12H,13H2,1H3. The predicted octanol–water partition coefficient (Wildman–Crippen LogP) is 3.74. The Labute approximate surface area is 187 Å². The third-order valence-corrected chi connectivity index (χ3v) is 5.16. The maximum absolute atomic E-state index is 12.8. The molecule has 3 aromatic carbocycles. The van der Waals surface area contributed by atoms with Gasteiger partial charge in [0.25, 0.3) is 17.5 Å². The zero-order valence-corrected chi connectivity index (χ0v) is 17.3. The van der Waals surface area contributed by atoms with Crippen LogP contribution >= 0.6 is 0 Å². The van der Waals surface area contributed by atoms with Crippen molar-refractivity contribution in [2.24, 2.45) is 0 Å². The van der Waals surface area contributed by atoms with E-state index in [4.69, 9.17) is 4.74 Å². The van der Waals surface area contributed by atoms with Crippen molar-refractivity contribution in [3.05, 3.63) is 105 Å². The van der Waals surface area contributed by atoms with Crippen molar-refractivity contribution < 1.29 is 28.8 Å². The molecule has 1 heterocycles. The normalized spacial score (nSPS) is 12.5. The fraction of sp³-hybridized carbons (Fsp3) is 0.0833. The van der Waals surface area contributed by atoms with Crippen LogP contribution in [0.25, 0.3) is 0 Å². The van der Waals surface area contributed by atoms with E-state index in [0.717, 1.165) is 16.5 Å². The molecule has 0 N–H and O–H groups in total. The number of imide groups is 1. The van der Waals surface area contributed by atoms with Gasteiger partial charge in [0, 0.05) is 11.6 Å². The van der Waals surface area contributed by atoms with E-state index in [1.54, 1.807) is 24.3 Å². The molecule has 0 fully saturated rings. The van der Waals surface area contributed by atoms with Crippen LogP contribution in [0.2, 0.25) is 0 Å². The predicted molar refractivity (Wildman–Crippen MR) is 116 cm³/mol. The van der Waals surface area contributed by atoms with Gasteiger partial charge in [-0.2, -0.15) is 0 Å². The minimum Gasteiger partial charge on any atom is -0.454 e. The number of fused-ring (bicyclic) bond motifs is 1. The molecule has 0 spiro atoms. The molecule has 9 heteroatoms. The molecule has 1 aliphatic rings. The highest BCUT2D eigenvalue weighted by atomic mass is 16.6. The van der Waals surface area contributed by atoms with Crippen LogP contribution in [-0.4, -0.2) is 35.1 Å². The molecule has 33 heavy (non-hydrogen) atoms. The van der Waals surface area contributed by atoms with E-state index in [0.29, 0.717) is 5.56 Å². The van der Waals surface area contributed by atoms with Crippen molar-refractivity contribution in [1.82, 2.24) is 0 Å². The number of Topliss-reactive ketones (excluding diaryl/α,β-unsaturated/α-hetero) is 1. The van der Waals surface area contributed by atoms with Gasteiger partial charge in [0.2, 0.25) is 0 Å². The summed E-state index contributed by atoms with van der Waals surface area (Å²) in [6, 6.07) is 16.1. The van der Waals surface area contributed by atoms with Crippen LogP contribution in [0.4, 0.5) is 11.4 Å². The Hall–Kier alpha value is -4.66. The Bertz CT molecular complexity index is 1310. The fourth-order valence-corrected chi connectivity index (χ4v) is 3.44. The highest BCUT2D eigenvalue weighted by Gasteiger charge is 2.41. The van der Waals surface area contributed by atoms with Crippen LogP contribution in [0.1, 0.15) is 47.0 Å². The SMILES string of the molecule is Cc1ccc(C(=O)COC(=O)c2ccc(N3C(=O)c4cccc([N+](=O)[O-])c4C3=O)cc2)cc1. The Morgan fingerprint density at radius 1 is 0.909 bits per heavy atom. The molecular formula is C24H16N2O7. The van der Waals surface area contributed by atoms with Gasteiger partial charge in [0.1, 0.15) is 5.56 Å². The summed E-state index contributed by atoms with van der Waals surface area (Å²) in [5, 5.41) is 11.2. The van der Waals surface area contributed by atoms with E-state index in [-0.39, 0.29) is 28.2 Å². The number of rotatable bonds is 6. The lowest BCUT2D eigenvalue weighted by atomic mass is 10.1. The molecule has 0 bridgehead atoms. The van der Waals surface area contributed by atoms with E-state index in [1.165, 1.54) is 36.4 Å². The first-order valence-corrected chi connectivity index (χ1v) is 9.81. The number of carbonyl (C=O) groups is 4. The maximum Gasteiger partial charge on any atom is 0.338 e. The number of ether oxygens (including phenoxy) is 1. The summed E-state index contributed by atoms with van der Waals surface area (Å²) in [6.07, 6.45) is 0. The third-order valence-electron chi connectivity index (χ3n) is 5.16. The van der Waals surface area contributed by atoms with Gasteiger partial charge in [-0.15, -0.1) is 0 Å². The molecule has 3 aromatic rings. The Morgan fingerprint density at radius 2 is 1.55 bits per heavy atom. The van der Waals surface area contributed by atoms with Crippen molar-refractivity contribution in [1.29, 1.82) is 0 Å². The average molecular weight is 444 g/mol.